The number of carbonyl (C=O) groups excluding carboxylic acids is 1. The monoisotopic (exact) mass is 345 g/mol. The molecule has 24 heavy (non-hydrogen) atoms. The Morgan fingerprint density at radius 3 is 2.96 bits per heavy atom. The summed E-state index contributed by atoms with van der Waals surface area (Å²) < 4.78 is 6.93. The predicted octanol–water partition coefficient (Wildman–Crippen LogP) is 1.65. The van der Waals surface area contributed by atoms with E-state index in [1.54, 1.807) is 18.4 Å². The summed E-state index contributed by atoms with van der Waals surface area (Å²) in [5.41, 5.74) is 2.02. The van der Waals surface area contributed by atoms with Gasteiger partial charge in [0, 0.05) is 20.1 Å². The molecule has 0 atom stereocenters. The predicted molar refractivity (Wildman–Crippen MR) is 91.9 cm³/mol. The number of carbonyl (C=O) groups is 1. The summed E-state index contributed by atoms with van der Waals surface area (Å²) >= 11 is 1.37. The van der Waals surface area contributed by atoms with E-state index in [1.165, 1.54) is 11.8 Å². The van der Waals surface area contributed by atoms with E-state index in [4.69, 9.17) is 4.74 Å². The molecule has 0 fully saturated rings. The van der Waals surface area contributed by atoms with Gasteiger partial charge in [0.15, 0.2) is 5.16 Å². The highest BCUT2D eigenvalue weighted by atomic mass is 32.2. The summed E-state index contributed by atoms with van der Waals surface area (Å²) in [5, 5.41) is 14.6. The molecule has 0 N–H and O–H groups in total. The molecule has 8 heteroatoms. The molecule has 0 bridgehead atoms. The standard InChI is InChI=1S/C16H19N5O2S/c1-23-10-9-20-12-17-18-16(20)24-11-15(22)21-8-7-14(19-21)13-5-3-2-4-6-13/h2-6,12H,7-11H2,1H3. The molecule has 2 aromatic rings. The second-order valence-electron chi connectivity index (χ2n) is 5.27. The molecule has 0 unspecified atom stereocenters. The van der Waals surface area contributed by atoms with E-state index in [9.17, 15) is 4.79 Å². The molecule has 1 aromatic heterocycles. The number of rotatable bonds is 7. The van der Waals surface area contributed by atoms with Crippen molar-refractivity contribution in [2.75, 3.05) is 26.0 Å². The van der Waals surface area contributed by atoms with Crippen molar-refractivity contribution in [3.8, 4) is 0 Å². The molecule has 0 radical (unpaired) electrons. The van der Waals surface area contributed by atoms with E-state index in [0.29, 0.717) is 24.9 Å². The van der Waals surface area contributed by atoms with Gasteiger partial charge >= 0.3 is 0 Å². The Balaban J connectivity index is 1.56. The maximum absolute atomic E-state index is 12.4. The summed E-state index contributed by atoms with van der Waals surface area (Å²) in [6, 6.07) is 9.95. The molecular weight excluding hydrogens is 326 g/mol. The fraction of sp³-hybridized carbons (Fsp3) is 0.375. The van der Waals surface area contributed by atoms with Gasteiger partial charge in [0.1, 0.15) is 6.33 Å². The summed E-state index contributed by atoms with van der Waals surface area (Å²) in [5.74, 6) is 0.268. The molecule has 1 aliphatic heterocycles. The second-order valence-corrected chi connectivity index (χ2v) is 6.21. The van der Waals surface area contributed by atoms with E-state index < -0.39 is 0 Å². The highest BCUT2D eigenvalue weighted by Gasteiger charge is 2.22. The van der Waals surface area contributed by atoms with Gasteiger partial charge in [0.2, 0.25) is 0 Å². The summed E-state index contributed by atoms with van der Waals surface area (Å²) in [6.45, 7) is 1.87. The van der Waals surface area contributed by atoms with Crippen molar-refractivity contribution in [3.63, 3.8) is 0 Å². The van der Waals surface area contributed by atoms with Crippen LogP contribution in [0.5, 0.6) is 0 Å². The third-order valence-electron chi connectivity index (χ3n) is 3.64. The van der Waals surface area contributed by atoms with Crippen molar-refractivity contribution in [3.05, 3.63) is 42.2 Å². The lowest BCUT2D eigenvalue weighted by molar-refractivity contribution is -0.127. The van der Waals surface area contributed by atoms with Crippen molar-refractivity contribution in [2.24, 2.45) is 5.10 Å². The number of nitrogens with zero attached hydrogens (tertiary/aromatic N) is 5. The zero-order chi connectivity index (χ0) is 16.8. The molecule has 1 aliphatic rings. The van der Waals surface area contributed by atoms with Gasteiger partial charge < -0.3 is 9.30 Å². The Labute approximate surface area is 144 Å². The van der Waals surface area contributed by atoms with Gasteiger partial charge in [-0.05, 0) is 5.56 Å². The second kappa shape index (κ2) is 8.07. The fourth-order valence-electron chi connectivity index (χ4n) is 2.37. The van der Waals surface area contributed by atoms with E-state index in [-0.39, 0.29) is 11.7 Å². The number of thioether (sulfide) groups is 1. The number of hydrogen-bond acceptors (Lipinski definition) is 6. The molecule has 7 nitrogen and oxygen atoms in total. The van der Waals surface area contributed by atoms with E-state index in [1.807, 2.05) is 34.9 Å². The molecule has 126 valence electrons. The van der Waals surface area contributed by atoms with Crippen LogP contribution in [0.2, 0.25) is 0 Å². The van der Waals surface area contributed by atoms with Crippen LogP contribution in [0.3, 0.4) is 0 Å². The normalized spacial score (nSPS) is 14.0. The SMILES string of the molecule is COCCn1cnnc1SCC(=O)N1CCC(c2ccccc2)=N1. The van der Waals surface area contributed by atoms with Gasteiger partial charge in [0.25, 0.3) is 5.91 Å². The topological polar surface area (TPSA) is 72.6 Å². The van der Waals surface area contributed by atoms with Crippen molar-refractivity contribution in [2.45, 2.75) is 18.1 Å². The Morgan fingerprint density at radius 1 is 1.33 bits per heavy atom. The number of hydrogen-bond donors (Lipinski definition) is 0. The molecule has 1 amide bonds. The lowest BCUT2D eigenvalue weighted by Crippen LogP contribution is -2.25. The molecule has 1 aromatic carbocycles. The Bertz CT molecular complexity index is 716. The molecule has 3 rings (SSSR count). The number of ether oxygens (including phenoxy) is 1. The number of benzene rings is 1. The smallest absolute Gasteiger partial charge is 0.253 e. The first-order valence-electron chi connectivity index (χ1n) is 7.70. The van der Waals surface area contributed by atoms with Gasteiger partial charge in [-0.1, -0.05) is 42.1 Å². The summed E-state index contributed by atoms with van der Waals surface area (Å²) in [7, 11) is 1.65. The van der Waals surface area contributed by atoms with Crippen molar-refractivity contribution < 1.29 is 9.53 Å². The van der Waals surface area contributed by atoms with Gasteiger partial charge in [-0.25, -0.2) is 5.01 Å². The largest absolute Gasteiger partial charge is 0.383 e. The van der Waals surface area contributed by atoms with Crippen molar-refractivity contribution in [1.82, 2.24) is 19.8 Å². The Hall–Kier alpha value is -2.19. The van der Waals surface area contributed by atoms with Crippen molar-refractivity contribution in [1.29, 1.82) is 0 Å². The zero-order valence-electron chi connectivity index (χ0n) is 13.5. The first-order chi connectivity index (χ1) is 11.8. The lowest BCUT2D eigenvalue weighted by atomic mass is 10.1. The molecular formula is C16H19N5O2S. The van der Waals surface area contributed by atoms with Crippen LogP contribution in [-0.4, -0.2) is 57.4 Å². The van der Waals surface area contributed by atoms with Gasteiger partial charge in [-0.2, -0.15) is 5.10 Å². The summed E-state index contributed by atoms with van der Waals surface area (Å²) in [4.78, 5) is 12.4. The van der Waals surface area contributed by atoms with Gasteiger partial charge in [-0.3, -0.25) is 4.79 Å². The maximum Gasteiger partial charge on any atom is 0.253 e. The minimum absolute atomic E-state index is 0.0211. The van der Waals surface area contributed by atoms with Gasteiger partial charge in [-0.15, -0.1) is 10.2 Å². The van der Waals surface area contributed by atoms with Crippen LogP contribution in [0.4, 0.5) is 0 Å². The number of amides is 1. The Kier molecular flexibility index (Phi) is 5.60. The molecule has 0 aliphatic carbocycles. The summed E-state index contributed by atoms with van der Waals surface area (Å²) in [6.07, 6.45) is 2.43. The quantitative estimate of drug-likeness (QED) is 0.714. The number of methoxy groups -OCH3 is 1. The minimum atomic E-state index is -0.0211. The average molecular weight is 345 g/mol. The fourth-order valence-corrected chi connectivity index (χ4v) is 3.18. The molecule has 0 saturated carbocycles. The Morgan fingerprint density at radius 2 is 2.17 bits per heavy atom. The minimum Gasteiger partial charge on any atom is -0.383 e. The zero-order valence-corrected chi connectivity index (χ0v) is 14.3. The third kappa shape index (κ3) is 4.01. The highest BCUT2D eigenvalue weighted by molar-refractivity contribution is 7.99. The number of hydrazone groups is 1. The van der Waals surface area contributed by atoms with E-state index >= 15 is 0 Å². The van der Waals surface area contributed by atoms with Crippen LogP contribution < -0.4 is 0 Å². The van der Waals surface area contributed by atoms with Crippen LogP contribution in [0.1, 0.15) is 12.0 Å². The maximum atomic E-state index is 12.4. The van der Waals surface area contributed by atoms with Crippen LogP contribution in [0.15, 0.2) is 46.9 Å². The molecule has 0 spiro atoms. The van der Waals surface area contributed by atoms with Crippen LogP contribution in [0, 0.1) is 0 Å². The lowest BCUT2D eigenvalue weighted by Gasteiger charge is -2.11. The first kappa shape index (κ1) is 16.7. The average Bonchev–Trinajstić information content (AvgIpc) is 3.28. The first-order valence-corrected chi connectivity index (χ1v) is 8.69. The van der Waals surface area contributed by atoms with Crippen LogP contribution in [-0.2, 0) is 16.1 Å². The van der Waals surface area contributed by atoms with E-state index in [0.717, 1.165) is 17.7 Å². The number of aromatic nitrogens is 3. The van der Waals surface area contributed by atoms with Gasteiger partial charge in [0.05, 0.1) is 24.6 Å². The van der Waals surface area contributed by atoms with Crippen LogP contribution >= 0.6 is 11.8 Å². The molecule has 0 saturated heterocycles. The highest BCUT2D eigenvalue weighted by Crippen LogP contribution is 2.18. The van der Waals surface area contributed by atoms with E-state index in [2.05, 4.69) is 15.3 Å². The third-order valence-corrected chi connectivity index (χ3v) is 4.60. The van der Waals surface area contributed by atoms with Crippen LogP contribution in [0.25, 0.3) is 0 Å². The van der Waals surface area contributed by atoms with Crippen molar-refractivity contribution >= 4 is 23.4 Å². The molecule has 2 heterocycles.